The highest BCUT2D eigenvalue weighted by Crippen LogP contribution is 2.49. The van der Waals surface area contributed by atoms with Crippen LogP contribution in [0.5, 0.6) is 0 Å². The van der Waals surface area contributed by atoms with Gasteiger partial charge in [0.05, 0.1) is 18.9 Å². The Hall–Kier alpha value is -5.04. The van der Waals surface area contributed by atoms with Gasteiger partial charge in [0.15, 0.2) is 5.82 Å². The number of hydrogen-bond donors (Lipinski definition) is 1. The molecule has 0 radical (unpaired) electrons. The first-order valence-corrected chi connectivity index (χ1v) is 21.8. The first-order chi connectivity index (χ1) is 28.8. The van der Waals surface area contributed by atoms with Gasteiger partial charge in [0.25, 0.3) is 5.91 Å². The average molecular weight is 879 g/mol. The lowest BCUT2D eigenvalue weighted by atomic mass is 10.2. The van der Waals surface area contributed by atoms with E-state index in [1.807, 2.05) is 17.9 Å². The summed E-state index contributed by atoms with van der Waals surface area (Å²) in [4.78, 5) is 80.2. The van der Waals surface area contributed by atoms with E-state index in [0.717, 1.165) is 12.8 Å². The van der Waals surface area contributed by atoms with E-state index in [0.29, 0.717) is 30.9 Å². The van der Waals surface area contributed by atoms with Gasteiger partial charge in [0.2, 0.25) is 19.5 Å². The topological polar surface area (TPSA) is 224 Å². The van der Waals surface area contributed by atoms with Gasteiger partial charge in [-0.1, -0.05) is 43.7 Å². The van der Waals surface area contributed by atoms with E-state index in [1.165, 1.54) is 15.9 Å². The number of carbonyl (C=O) groups excluding carboxylic acids is 5. The lowest BCUT2D eigenvalue weighted by Crippen LogP contribution is -2.57. The zero-order valence-corrected chi connectivity index (χ0v) is 37.1. The van der Waals surface area contributed by atoms with Crippen molar-refractivity contribution < 1.29 is 66.0 Å². The van der Waals surface area contributed by atoms with Crippen molar-refractivity contribution in [3.05, 3.63) is 42.1 Å². The molecule has 338 valence electrons. The number of nitrogens with zero attached hydrogens (tertiary/aromatic N) is 5. The van der Waals surface area contributed by atoms with Crippen LogP contribution in [0.2, 0.25) is 0 Å². The van der Waals surface area contributed by atoms with Crippen molar-refractivity contribution in [2.45, 2.75) is 91.1 Å². The molecule has 2 aliphatic rings. The molecule has 2 fully saturated rings. The molecule has 21 heteroatoms. The minimum absolute atomic E-state index is 0.0368. The van der Waals surface area contributed by atoms with E-state index in [9.17, 15) is 28.5 Å². The van der Waals surface area contributed by atoms with Crippen LogP contribution in [0.4, 0.5) is 20.2 Å². The van der Waals surface area contributed by atoms with Gasteiger partial charge in [-0.15, -0.1) is 0 Å². The maximum atomic E-state index is 14.5. The Bertz CT molecular complexity index is 1810. The number of aromatic nitrogens is 2. The van der Waals surface area contributed by atoms with Gasteiger partial charge in [0.1, 0.15) is 28.8 Å². The molecule has 2 aliphatic heterocycles. The summed E-state index contributed by atoms with van der Waals surface area (Å²) in [6, 6.07) is 8.87. The summed E-state index contributed by atoms with van der Waals surface area (Å²) in [7, 11) is -3.03. The summed E-state index contributed by atoms with van der Waals surface area (Å²) < 4.78 is 56.6. The van der Waals surface area contributed by atoms with Crippen molar-refractivity contribution >= 4 is 43.6 Å². The molecule has 3 heterocycles. The third kappa shape index (κ3) is 16.1. The van der Waals surface area contributed by atoms with Crippen molar-refractivity contribution in [1.82, 2.24) is 25.1 Å². The van der Waals surface area contributed by atoms with Crippen LogP contribution in [-0.2, 0) is 46.8 Å². The van der Waals surface area contributed by atoms with E-state index in [2.05, 4.69) is 10.3 Å². The van der Waals surface area contributed by atoms with Crippen LogP contribution in [0, 0.1) is 0 Å². The number of rotatable bonds is 17. The molecule has 1 N–H and O–H groups in total. The van der Waals surface area contributed by atoms with Gasteiger partial charge in [-0.05, 0) is 54.4 Å². The van der Waals surface area contributed by atoms with Crippen molar-refractivity contribution in [1.29, 1.82) is 0 Å². The van der Waals surface area contributed by atoms with Crippen LogP contribution >= 0.6 is 7.60 Å². The van der Waals surface area contributed by atoms with E-state index >= 15 is 0 Å². The molecule has 0 aliphatic carbocycles. The smallest absolute Gasteiger partial charge is 0.449 e. The molecule has 3 amide bonds. The summed E-state index contributed by atoms with van der Waals surface area (Å²) in [6.07, 6.45) is -1.44. The van der Waals surface area contributed by atoms with E-state index in [4.69, 9.17) is 42.5 Å². The second-order valence-corrected chi connectivity index (χ2v) is 18.3. The molecular formula is C40H59N6O14P. The van der Waals surface area contributed by atoms with Gasteiger partial charge in [-0.25, -0.2) is 24.4 Å². The number of ether oxygens (including phenoxy) is 6. The molecule has 20 nitrogen and oxygen atoms in total. The first-order valence-electron chi connectivity index (χ1n) is 20.1. The van der Waals surface area contributed by atoms with Gasteiger partial charge in [0, 0.05) is 58.0 Å². The van der Waals surface area contributed by atoms with Crippen LogP contribution in [0.25, 0.3) is 11.4 Å². The van der Waals surface area contributed by atoms with Gasteiger partial charge >= 0.3 is 26.0 Å². The van der Waals surface area contributed by atoms with Crippen LogP contribution in [0.1, 0.15) is 78.2 Å². The molecular weight excluding hydrogens is 819 g/mol. The maximum Gasteiger partial charge on any atom is 0.510 e. The molecule has 1 aromatic carbocycles. The summed E-state index contributed by atoms with van der Waals surface area (Å²) in [6.45, 7) is 11.3. The number of unbranched alkanes of at least 4 members (excludes halogenated alkanes) is 1. The molecule has 2 atom stereocenters. The maximum absolute atomic E-state index is 14.5. The van der Waals surface area contributed by atoms with Gasteiger partial charge < -0.3 is 48.4 Å². The van der Waals surface area contributed by atoms with Crippen LogP contribution in [-0.4, -0.2) is 146 Å². The van der Waals surface area contributed by atoms with Gasteiger partial charge in [-0.2, -0.15) is 0 Å². The Balaban J connectivity index is 1.65. The number of methoxy groups -OCH3 is 1. The largest absolute Gasteiger partial charge is 0.510 e. The number of carbonyl (C=O) groups is 5. The Morgan fingerprint density at radius 3 is 1.97 bits per heavy atom. The number of nitrogens with one attached hydrogen (secondary N) is 1. The molecule has 0 bridgehead atoms. The number of amides is 3. The predicted molar refractivity (Wildman–Crippen MR) is 220 cm³/mol. The normalized spacial score (nSPS) is 16.4. The molecule has 2 aromatic rings. The fourth-order valence-electron chi connectivity index (χ4n) is 5.94. The second-order valence-electron chi connectivity index (χ2n) is 16.2. The van der Waals surface area contributed by atoms with Crippen LogP contribution in [0.15, 0.2) is 36.4 Å². The van der Waals surface area contributed by atoms with Crippen molar-refractivity contribution in [3.8, 4) is 11.4 Å². The number of hydrogen-bond acceptors (Lipinski definition) is 17. The van der Waals surface area contributed by atoms with E-state index in [1.54, 1.807) is 72.9 Å². The minimum Gasteiger partial charge on any atom is -0.449 e. The summed E-state index contributed by atoms with van der Waals surface area (Å²) in [5.74, 6) is -0.855. The Morgan fingerprint density at radius 1 is 0.836 bits per heavy atom. The van der Waals surface area contributed by atoms with Crippen LogP contribution in [0.3, 0.4) is 0 Å². The van der Waals surface area contributed by atoms with Crippen molar-refractivity contribution in [2.75, 3.05) is 77.6 Å². The Labute approximate surface area is 356 Å². The second kappa shape index (κ2) is 22.2. The third-order valence-electron chi connectivity index (χ3n) is 8.99. The molecule has 2 unspecified atom stereocenters. The van der Waals surface area contributed by atoms with Crippen molar-refractivity contribution in [3.63, 3.8) is 0 Å². The fourth-order valence-corrected chi connectivity index (χ4v) is 7.34. The molecule has 2 saturated heterocycles. The quantitative estimate of drug-likeness (QED) is 0.0672. The van der Waals surface area contributed by atoms with E-state index in [-0.39, 0.29) is 50.4 Å². The molecule has 0 saturated carbocycles. The highest BCUT2D eigenvalue weighted by atomic mass is 31.2. The zero-order valence-electron chi connectivity index (χ0n) is 36.2. The lowest BCUT2D eigenvalue weighted by molar-refractivity contribution is -0.134. The monoisotopic (exact) mass is 878 g/mol. The molecule has 4 rings (SSSR count). The first kappa shape index (κ1) is 48.6. The fraction of sp³-hybridized carbons (Fsp3) is 0.625. The molecule has 61 heavy (non-hydrogen) atoms. The summed E-state index contributed by atoms with van der Waals surface area (Å²) in [5.41, 5.74) is -1.35. The summed E-state index contributed by atoms with van der Waals surface area (Å²) >= 11 is 0. The molecule has 1 aromatic heterocycles. The summed E-state index contributed by atoms with van der Waals surface area (Å²) in [5, 5.41) is 2.67. The third-order valence-corrected chi connectivity index (χ3v) is 10.8. The number of piperazine rings is 1. The zero-order chi connectivity index (χ0) is 44.8. The Morgan fingerprint density at radius 2 is 1.43 bits per heavy atom. The minimum atomic E-state index is -4.65. The highest BCUT2D eigenvalue weighted by Gasteiger charge is 2.39. The number of anilines is 1. The average Bonchev–Trinajstić information content (AvgIpc) is 3.69. The SMILES string of the molecule is CCCCOC(=O)N1CCN(C(=O)C(CP(=O)(OCOC(=O)OC(C)(C)C)OCOC(=O)OC(C)(C)C)NC(=O)c2cc(N3CCC(OC)C3)nc(-c3ccccc3)n2)CC1. The van der Waals surface area contributed by atoms with Crippen molar-refractivity contribution in [2.24, 2.45) is 0 Å². The lowest BCUT2D eigenvalue weighted by Gasteiger charge is -2.36. The van der Waals surface area contributed by atoms with Crippen LogP contribution < -0.4 is 10.2 Å². The molecule has 0 spiro atoms. The predicted octanol–water partition coefficient (Wildman–Crippen LogP) is 5.59. The Kier molecular flexibility index (Phi) is 17.7. The standard InChI is InChI=1S/C40H59N6O14P/c1-9-10-22-54-36(49)45-20-18-44(19-21-45)35(48)31(25-61(52,57-26-55-37(50)59-39(2,3)4)58-27-56-38(51)60-40(5,6)7)42-34(47)30-23-32(46-17-16-29(24-46)53-8)43-33(41-30)28-14-12-11-13-15-28/h11-15,23,29,31H,9-10,16-22,24-27H2,1-8H3,(H,42,47). The van der Waals surface area contributed by atoms with E-state index < -0.39 is 74.8 Å². The van der Waals surface area contributed by atoms with Gasteiger partial charge in [-0.3, -0.25) is 23.2 Å². The number of benzene rings is 1. The highest BCUT2D eigenvalue weighted by molar-refractivity contribution is 7.54.